The third-order valence-corrected chi connectivity index (χ3v) is 8.44. The second-order valence-corrected chi connectivity index (χ2v) is 10.2. The zero-order chi connectivity index (χ0) is 22.2. The summed E-state index contributed by atoms with van der Waals surface area (Å²) in [6, 6.07) is 3.61. The van der Waals surface area contributed by atoms with E-state index in [9.17, 15) is 13.2 Å². The van der Waals surface area contributed by atoms with Crippen LogP contribution in [-0.2, 0) is 14.8 Å². The highest BCUT2D eigenvalue weighted by Crippen LogP contribution is 2.29. The number of amides is 1. The highest BCUT2D eigenvalue weighted by molar-refractivity contribution is 7.89. The summed E-state index contributed by atoms with van der Waals surface area (Å²) in [6.45, 7) is 6.38. The number of aryl methyl sites for hydroxylation is 2. The number of carbonyl (C=O) groups is 1. The van der Waals surface area contributed by atoms with Gasteiger partial charge in [0, 0.05) is 51.4 Å². The summed E-state index contributed by atoms with van der Waals surface area (Å²) in [6.07, 6.45) is 2.73. The highest BCUT2D eigenvalue weighted by Gasteiger charge is 2.37. The molecule has 2 fully saturated rings. The van der Waals surface area contributed by atoms with Gasteiger partial charge in [-0.3, -0.25) is 4.79 Å². The van der Waals surface area contributed by atoms with E-state index in [0.717, 1.165) is 5.82 Å². The maximum absolute atomic E-state index is 13.0. The molecule has 0 spiro atoms. The Morgan fingerprint density at radius 3 is 2.39 bits per heavy atom. The van der Waals surface area contributed by atoms with Crippen molar-refractivity contribution in [1.29, 1.82) is 0 Å². The van der Waals surface area contributed by atoms with Crippen LogP contribution in [-0.4, -0.2) is 72.9 Å². The Balaban J connectivity index is 1.33. The largest absolute Gasteiger partial charge is 0.360 e. The van der Waals surface area contributed by atoms with Gasteiger partial charge in [-0.2, -0.15) is 4.31 Å². The average molecular weight is 468 g/mol. The SMILES string of the molecule is Cc1noc(C)c1S(=O)(=O)N1CCC(C(=O)N2CCN(c3ncccc3Cl)CC2)CC1. The number of anilines is 1. The van der Waals surface area contributed by atoms with Crippen LogP contribution in [0.5, 0.6) is 0 Å². The molecule has 11 heteroatoms. The Hall–Kier alpha value is -2.17. The third-order valence-electron chi connectivity index (χ3n) is 6.00. The maximum Gasteiger partial charge on any atom is 0.248 e. The van der Waals surface area contributed by atoms with Gasteiger partial charge in [0.15, 0.2) is 5.76 Å². The van der Waals surface area contributed by atoms with E-state index >= 15 is 0 Å². The fourth-order valence-electron chi connectivity index (χ4n) is 4.32. The van der Waals surface area contributed by atoms with Crippen molar-refractivity contribution in [3.05, 3.63) is 34.8 Å². The Bertz CT molecular complexity index is 1040. The van der Waals surface area contributed by atoms with Crippen LogP contribution in [0.15, 0.2) is 27.7 Å². The molecule has 0 aliphatic carbocycles. The van der Waals surface area contributed by atoms with Crippen LogP contribution >= 0.6 is 11.6 Å². The van der Waals surface area contributed by atoms with E-state index in [1.165, 1.54) is 4.31 Å². The van der Waals surface area contributed by atoms with Crippen LogP contribution in [0, 0.1) is 19.8 Å². The van der Waals surface area contributed by atoms with Gasteiger partial charge in [-0.05, 0) is 38.8 Å². The first-order valence-corrected chi connectivity index (χ1v) is 12.2. The van der Waals surface area contributed by atoms with Crippen LogP contribution in [0.1, 0.15) is 24.3 Å². The molecule has 9 nitrogen and oxygen atoms in total. The van der Waals surface area contributed by atoms with Crippen molar-refractivity contribution in [3.63, 3.8) is 0 Å². The molecule has 2 aliphatic heterocycles. The number of piperazine rings is 1. The molecule has 0 aromatic carbocycles. The molecule has 0 atom stereocenters. The van der Waals surface area contributed by atoms with Gasteiger partial charge in [0.25, 0.3) is 0 Å². The lowest BCUT2D eigenvalue weighted by Gasteiger charge is -2.38. The summed E-state index contributed by atoms with van der Waals surface area (Å²) in [5.41, 5.74) is 0.363. The topological polar surface area (TPSA) is 99.8 Å². The van der Waals surface area contributed by atoms with Gasteiger partial charge < -0.3 is 14.3 Å². The Kier molecular flexibility index (Phi) is 6.23. The van der Waals surface area contributed by atoms with Gasteiger partial charge in [-0.15, -0.1) is 0 Å². The first-order chi connectivity index (χ1) is 14.8. The summed E-state index contributed by atoms with van der Waals surface area (Å²) in [7, 11) is -3.67. The van der Waals surface area contributed by atoms with Crippen molar-refractivity contribution in [2.75, 3.05) is 44.2 Å². The van der Waals surface area contributed by atoms with Crippen molar-refractivity contribution in [2.45, 2.75) is 31.6 Å². The zero-order valence-corrected chi connectivity index (χ0v) is 19.2. The molecule has 0 bridgehead atoms. The van der Waals surface area contributed by atoms with Gasteiger partial charge in [-0.25, -0.2) is 13.4 Å². The molecule has 0 saturated carbocycles. The van der Waals surface area contributed by atoms with Gasteiger partial charge in [-0.1, -0.05) is 16.8 Å². The minimum atomic E-state index is -3.67. The van der Waals surface area contributed by atoms with E-state index in [4.69, 9.17) is 16.1 Å². The highest BCUT2D eigenvalue weighted by atomic mass is 35.5. The van der Waals surface area contributed by atoms with Gasteiger partial charge >= 0.3 is 0 Å². The predicted octanol–water partition coefficient (Wildman–Crippen LogP) is 2.09. The molecule has 31 heavy (non-hydrogen) atoms. The molecule has 0 N–H and O–H groups in total. The number of pyridine rings is 1. The smallest absolute Gasteiger partial charge is 0.248 e. The second-order valence-electron chi connectivity index (χ2n) is 7.95. The summed E-state index contributed by atoms with van der Waals surface area (Å²) in [5.74, 6) is 0.970. The molecule has 0 radical (unpaired) electrons. The quantitative estimate of drug-likeness (QED) is 0.678. The maximum atomic E-state index is 13.0. The average Bonchev–Trinajstić information content (AvgIpc) is 3.12. The van der Waals surface area contributed by atoms with Crippen molar-refractivity contribution < 1.29 is 17.7 Å². The lowest BCUT2D eigenvalue weighted by molar-refractivity contribution is -0.137. The molecule has 2 aromatic rings. The number of nitrogens with zero attached hydrogens (tertiary/aromatic N) is 5. The fourth-order valence-corrected chi connectivity index (χ4v) is 6.32. The molecule has 4 heterocycles. The van der Waals surface area contributed by atoms with E-state index in [-0.39, 0.29) is 16.7 Å². The summed E-state index contributed by atoms with van der Waals surface area (Å²) >= 11 is 6.24. The molecule has 2 saturated heterocycles. The minimum absolute atomic E-state index is 0.0983. The number of hydrogen-bond donors (Lipinski definition) is 0. The number of piperidine rings is 1. The van der Waals surface area contributed by atoms with Crippen molar-refractivity contribution in [1.82, 2.24) is 19.3 Å². The van der Waals surface area contributed by atoms with E-state index in [0.29, 0.717) is 68.6 Å². The summed E-state index contributed by atoms with van der Waals surface area (Å²) < 4.78 is 32.4. The summed E-state index contributed by atoms with van der Waals surface area (Å²) in [5, 5.41) is 4.36. The predicted molar refractivity (Wildman–Crippen MR) is 115 cm³/mol. The molecule has 2 aromatic heterocycles. The molecule has 1 amide bonds. The van der Waals surface area contributed by atoms with Crippen LogP contribution in [0.4, 0.5) is 5.82 Å². The Morgan fingerprint density at radius 2 is 1.81 bits per heavy atom. The van der Waals surface area contributed by atoms with E-state index in [1.807, 2.05) is 11.0 Å². The molecular weight excluding hydrogens is 442 g/mol. The Labute approximate surface area is 187 Å². The fraction of sp³-hybridized carbons (Fsp3) is 0.550. The van der Waals surface area contributed by atoms with Gasteiger partial charge in [0.1, 0.15) is 16.4 Å². The van der Waals surface area contributed by atoms with Crippen LogP contribution in [0.3, 0.4) is 0 Å². The molecule has 168 valence electrons. The number of carbonyl (C=O) groups excluding carboxylic acids is 1. The number of sulfonamides is 1. The number of rotatable bonds is 4. The number of aromatic nitrogens is 2. The molecule has 0 unspecified atom stereocenters. The first-order valence-electron chi connectivity index (χ1n) is 10.4. The zero-order valence-electron chi connectivity index (χ0n) is 17.6. The Morgan fingerprint density at radius 1 is 1.13 bits per heavy atom. The second kappa shape index (κ2) is 8.76. The van der Waals surface area contributed by atoms with Gasteiger partial charge in [0.2, 0.25) is 15.9 Å². The summed E-state index contributed by atoms with van der Waals surface area (Å²) in [4.78, 5) is 21.5. The normalized spacial score (nSPS) is 19.1. The standard InChI is InChI=1S/C20H26ClN5O4S/c1-14-18(15(2)30-23-14)31(28,29)26-8-5-16(6-9-26)20(27)25-12-10-24(11-13-25)19-17(21)4-3-7-22-19/h3-4,7,16H,5-6,8-13H2,1-2H3. The van der Waals surface area contributed by atoms with Crippen LogP contribution in [0.25, 0.3) is 0 Å². The molecule has 4 rings (SSSR count). The van der Waals surface area contributed by atoms with Crippen molar-refractivity contribution in [2.24, 2.45) is 5.92 Å². The molecular formula is C20H26ClN5O4S. The van der Waals surface area contributed by atoms with Gasteiger partial charge in [0.05, 0.1) is 5.02 Å². The minimum Gasteiger partial charge on any atom is -0.360 e. The molecule has 2 aliphatic rings. The lowest BCUT2D eigenvalue weighted by Crippen LogP contribution is -2.52. The van der Waals surface area contributed by atoms with E-state index < -0.39 is 10.0 Å². The third kappa shape index (κ3) is 4.28. The monoisotopic (exact) mass is 467 g/mol. The van der Waals surface area contributed by atoms with Crippen LogP contribution < -0.4 is 4.90 Å². The van der Waals surface area contributed by atoms with E-state index in [2.05, 4.69) is 15.0 Å². The first kappa shape index (κ1) is 22.0. The van der Waals surface area contributed by atoms with Crippen LogP contribution in [0.2, 0.25) is 5.02 Å². The van der Waals surface area contributed by atoms with E-state index in [1.54, 1.807) is 26.1 Å². The lowest BCUT2D eigenvalue weighted by atomic mass is 9.96. The van der Waals surface area contributed by atoms with Crippen molar-refractivity contribution in [3.8, 4) is 0 Å². The van der Waals surface area contributed by atoms with Crippen molar-refractivity contribution >= 4 is 33.3 Å². The number of hydrogen-bond acceptors (Lipinski definition) is 7. The number of halogens is 1.